The first kappa shape index (κ1) is 19.6. The van der Waals surface area contributed by atoms with E-state index in [-0.39, 0.29) is 17.9 Å². The summed E-state index contributed by atoms with van der Waals surface area (Å²) in [5, 5.41) is 7.77. The second kappa shape index (κ2) is 8.78. The van der Waals surface area contributed by atoms with Gasteiger partial charge in [0.1, 0.15) is 17.8 Å². The van der Waals surface area contributed by atoms with E-state index in [9.17, 15) is 4.79 Å². The average molecular weight is 396 g/mol. The SMILES string of the molecule is CC1CC=C(c2cnn(C3=CCCC=N3)c2)OC=C1C(=O)N(C)C1CCNCC1. The Bertz CT molecular complexity index is 874. The van der Waals surface area contributed by atoms with Gasteiger partial charge in [-0.3, -0.25) is 4.79 Å². The second-order valence-electron chi connectivity index (χ2n) is 7.92. The van der Waals surface area contributed by atoms with Crippen LogP contribution in [0, 0.1) is 5.92 Å². The minimum Gasteiger partial charge on any atom is -0.464 e. The van der Waals surface area contributed by atoms with E-state index in [1.54, 1.807) is 17.1 Å². The molecule has 1 fully saturated rings. The number of aromatic nitrogens is 2. The largest absolute Gasteiger partial charge is 0.464 e. The van der Waals surface area contributed by atoms with Gasteiger partial charge in [0.25, 0.3) is 5.91 Å². The maximum absolute atomic E-state index is 13.1. The van der Waals surface area contributed by atoms with Gasteiger partial charge in [0, 0.05) is 25.5 Å². The molecule has 0 spiro atoms. The monoisotopic (exact) mass is 395 g/mol. The molecule has 3 aliphatic rings. The first-order valence-corrected chi connectivity index (χ1v) is 10.5. The van der Waals surface area contributed by atoms with Crippen molar-refractivity contribution in [3.05, 3.63) is 41.9 Å². The Labute approximate surface area is 171 Å². The fraction of sp³-hybridized carbons (Fsp3) is 0.500. The van der Waals surface area contributed by atoms with E-state index in [0.717, 1.165) is 67.9 Å². The molecule has 1 saturated heterocycles. The molecule has 0 aliphatic carbocycles. The highest BCUT2D eigenvalue weighted by Gasteiger charge is 2.28. The summed E-state index contributed by atoms with van der Waals surface area (Å²) in [6.45, 7) is 4.00. The van der Waals surface area contributed by atoms with Gasteiger partial charge < -0.3 is 15.0 Å². The molecule has 1 unspecified atom stereocenters. The van der Waals surface area contributed by atoms with Crippen LogP contribution in [0.4, 0.5) is 0 Å². The summed E-state index contributed by atoms with van der Waals surface area (Å²) in [4.78, 5) is 19.4. The van der Waals surface area contributed by atoms with Crippen LogP contribution in [0.2, 0.25) is 0 Å². The van der Waals surface area contributed by atoms with Crippen LogP contribution in [-0.4, -0.2) is 53.0 Å². The molecule has 4 rings (SSSR count). The zero-order valence-electron chi connectivity index (χ0n) is 17.2. The Kier molecular flexibility index (Phi) is 5.94. The number of nitrogens with one attached hydrogen (secondary N) is 1. The van der Waals surface area contributed by atoms with Crippen LogP contribution in [0.25, 0.3) is 11.6 Å². The molecule has 154 valence electrons. The predicted octanol–water partition coefficient (Wildman–Crippen LogP) is 3.04. The van der Waals surface area contributed by atoms with Crippen LogP contribution in [0.1, 0.15) is 44.6 Å². The van der Waals surface area contributed by atoms with Crippen molar-refractivity contribution < 1.29 is 9.53 Å². The standard InChI is InChI=1S/C22H29N5O2/c1-16-6-7-20(17-13-25-27(14-17)21-5-3-4-10-24-21)29-15-19(16)22(28)26(2)18-8-11-23-12-9-18/h5,7,10,13-16,18,23H,3-4,6,8-9,11-12H2,1-2H3. The summed E-state index contributed by atoms with van der Waals surface area (Å²) in [6.07, 6.45) is 16.1. The van der Waals surface area contributed by atoms with Crippen LogP contribution < -0.4 is 5.32 Å². The number of aliphatic imine (C=N–C) groups is 1. The molecule has 0 bridgehead atoms. The number of amides is 1. The van der Waals surface area contributed by atoms with Gasteiger partial charge in [0.2, 0.25) is 0 Å². The fourth-order valence-electron chi connectivity index (χ4n) is 3.94. The number of carbonyl (C=O) groups is 1. The number of allylic oxidation sites excluding steroid dienone is 2. The molecule has 0 radical (unpaired) electrons. The fourth-order valence-corrected chi connectivity index (χ4v) is 3.94. The van der Waals surface area contributed by atoms with Gasteiger partial charge in [0.15, 0.2) is 0 Å². The number of hydrogen-bond acceptors (Lipinski definition) is 5. The molecule has 0 aromatic carbocycles. The Balaban J connectivity index is 1.47. The van der Waals surface area contributed by atoms with Crippen molar-refractivity contribution in [2.24, 2.45) is 10.9 Å². The maximum atomic E-state index is 13.1. The zero-order chi connectivity index (χ0) is 20.2. The molecule has 29 heavy (non-hydrogen) atoms. The molecular weight excluding hydrogens is 366 g/mol. The number of likely N-dealkylation sites (N-methyl/N-ethyl adjacent to an activating group) is 1. The van der Waals surface area contributed by atoms with E-state index < -0.39 is 0 Å². The zero-order valence-corrected chi connectivity index (χ0v) is 17.2. The molecule has 1 amide bonds. The van der Waals surface area contributed by atoms with Crippen LogP contribution in [0.5, 0.6) is 0 Å². The Morgan fingerprint density at radius 3 is 2.86 bits per heavy atom. The minimum atomic E-state index is 0.0662. The van der Waals surface area contributed by atoms with Gasteiger partial charge in [-0.25, -0.2) is 9.67 Å². The normalized spacial score (nSPS) is 22.8. The van der Waals surface area contributed by atoms with E-state index >= 15 is 0 Å². The summed E-state index contributed by atoms with van der Waals surface area (Å²) < 4.78 is 7.73. The first-order valence-electron chi connectivity index (χ1n) is 10.5. The molecule has 1 atom stereocenters. The van der Waals surface area contributed by atoms with Gasteiger partial charge in [-0.1, -0.05) is 6.92 Å². The third kappa shape index (κ3) is 4.34. The molecule has 4 heterocycles. The molecule has 1 aromatic rings. The summed E-state index contributed by atoms with van der Waals surface area (Å²) in [6, 6.07) is 0.287. The van der Waals surface area contributed by atoms with Gasteiger partial charge >= 0.3 is 0 Å². The van der Waals surface area contributed by atoms with Crippen LogP contribution in [0.15, 0.2) is 41.4 Å². The van der Waals surface area contributed by atoms with Gasteiger partial charge in [-0.2, -0.15) is 5.10 Å². The number of nitrogens with zero attached hydrogens (tertiary/aromatic N) is 4. The van der Waals surface area contributed by atoms with Crippen LogP contribution in [-0.2, 0) is 9.53 Å². The molecule has 7 heteroatoms. The lowest BCUT2D eigenvalue weighted by atomic mass is 9.96. The van der Waals surface area contributed by atoms with Crippen molar-refractivity contribution >= 4 is 23.7 Å². The highest BCUT2D eigenvalue weighted by atomic mass is 16.5. The maximum Gasteiger partial charge on any atom is 0.253 e. The van der Waals surface area contributed by atoms with Crippen molar-refractivity contribution in [3.8, 4) is 0 Å². The third-order valence-electron chi connectivity index (χ3n) is 5.87. The molecule has 7 nitrogen and oxygen atoms in total. The first-order chi connectivity index (χ1) is 14.1. The lowest BCUT2D eigenvalue weighted by molar-refractivity contribution is -0.129. The highest BCUT2D eigenvalue weighted by Crippen LogP contribution is 2.29. The Morgan fingerprint density at radius 1 is 1.28 bits per heavy atom. The van der Waals surface area contributed by atoms with E-state index in [1.165, 1.54) is 0 Å². The number of ether oxygens (including phenoxy) is 1. The van der Waals surface area contributed by atoms with Crippen LogP contribution in [0.3, 0.4) is 0 Å². The van der Waals surface area contributed by atoms with E-state index in [4.69, 9.17) is 4.74 Å². The third-order valence-corrected chi connectivity index (χ3v) is 5.87. The number of piperidine rings is 1. The Hall–Kier alpha value is -2.67. The highest BCUT2D eigenvalue weighted by molar-refractivity contribution is 5.94. The number of carbonyl (C=O) groups excluding carboxylic acids is 1. The van der Waals surface area contributed by atoms with Crippen molar-refractivity contribution in [1.29, 1.82) is 0 Å². The lowest BCUT2D eigenvalue weighted by Crippen LogP contribution is -2.44. The summed E-state index contributed by atoms with van der Waals surface area (Å²) in [7, 11) is 1.91. The molecule has 3 aliphatic heterocycles. The van der Waals surface area contributed by atoms with E-state index in [2.05, 4.69) is 28.4 Å². The molecule has 1 N–H and O–H groups in total. The van der Waals surface area contributed by atoms with Gasteiger partial charge in [-0.05, 0) is 63.3 Å². The molecular formula is C22H29N5O2. The van der Waals surface area contributed by atoms with Crippen LogP contribution >= 0.6 is 0 Å². The molecule has 1 aromatic heterocycles. The topological polar surface area (TPSA) is 71.8 Å². The quantitative estimate of drug-likeness (QED) is 0.851. The molecule has 0 saturated carbocycles. The summed E-state index contributed by atoms with van der Waals surface area (Å²) >= 11 is 0. The smallest absolute Gasteiger partial charge is 0.253 e. The van der Waals surface area contributed by atoms with E-state index in [1.807, 2.05) is 30.4 Å². The Morgan fingerprint density at radius 2 is 2.10 bits per heavy atom. The predicted molar refractivity (Wildman–Crippen MR) is 114 cm³/mol. The average Bonchev–Trinajstić information content (AvgIpc) is 3.18. The number of hydrogen-bond donors (Lipinski definition) is 1. The number of rotatable bonds is 4. The summed E-state index contributed by atoms with van der Waals surface area (Å²) in [5.41, 5.74) is 1.61. The van der Waals surface area contributed by atoms with Gasteiger partial charge in [0.05, 0.1) is 17.3 Å². The second-order valence-corrected chi connectivity index (χ2v) is 7.92. The lowest BCUT2D eigenvalue weighted by Gasteiger charge is -2.32. The minimum absolute atomic E-state index is 0.0662. The summed E-state index contributed by atoms with van der Waals surface area (Å²) in [5.74, 6) is 1.73. The van der Waals surface area contributed by atoms with E-state index in [0.29, 0.717) is 0 Å². The van der Waals surface area contributed by atoms with Crippen molar-refractivity contribution in [2.45, 2.75) is 45.1 Å². The van der Waals surface area contributed by atoms with Gasteiger partial charge in [-0.15, -0.1) is 0 Å². The van der Waals surface area contributed by atoms with Crippen molar-refractivity contribution in [1.82, 2.24) is 20.0 Å². The van der Waals surface area contributed by atoms with Crippen molar-refractivity contribution in [2.75, 3.05) is 20.1 Å². The van der Waals surface area contributed by atoms with Crippen molar-refractivity contribution in [3.63, 3.8) is 0 Å².